The quantitative estimate of drug-likeness (QED) is 0.507. The van der Waals surface area contributed by atoms with Crippen molar-refractivity contribution >= 4 is 17.5 Å². The van der Waals surface area contributed by atoms with Gasteiger partial charge in [-0.15, -0.1) is 13.2 Å². The molecular weight excluding hydrogens is 397 g/mol. The van der Waals surface area contributed by atoms with Gasteiger partial charge in [-0.1, -0.05) is 29.8 Å². The third kappa shape index (κ3) is 6.08. The van der Waals surface area contributed by atoms with Crippen LogP contribution in [0, 0.1) is 6.92 Å². The number of halogens is 3. The Morgan fingerprint density at radius 3 is 2.47 bits per heavy atom. The van der Waals surface area contributed by atoms with Crippen LogP contribution in [0.4, 0.5) is 30.6 Å². The van der Waals surface area contributed by atoms with E-state index in [1.165, 1.54) is 18.2 Å². The first-order valence-electron chi connectivity index (χ1n) is 9.18. The second-order valence-corrected chi connectivity index (χ2v) is 6.76. The van der Waals surface area contributed by atoms with E-state index in [4.69, 9.17) is 0 Å². The lowest BCUT2D eigenvalue weighted by molar-refractivity contribution is -0.274. The fourth-order valence-corrected chi connectivity index (χ4v) is 2.63. The Labute approximate surface area is 171 Å². The summed E-state index contributed by atoms with van der Waals surface area (Å²) in [5.74, 6) is 0.328. The fraction of sp³-hybridized carbons (Fsp3) is 0.238. The van der Waals surface area contributed by atoms with Gasteiger partial charge in [0.05, 0.1) is 12.3 Å². The van der Waals surface area contributed by atoms with Gasteiger partial charge in [-0.3, -0.25) is 0 Å². The molecule has 3 aromatic rings. The van der Waals surface area contributed by atoms with E-state index in [1.54, 1.807) is 19.1 Å². The number of aliphatic hydroxyl groups is 1. The third-order valence-electron chi connectivity index (χ3n) is 4.06. The van der Waals surface area contributed by atoms with Crippen molar-refractivity contribution in [2.45, 2.75) is 26.3 Å². The zero-order valence-electron chi connectivity index (χ0n) is 16.4. The Kier molecular flexibility index (Phi) is 6.41. The van der Waals surface area contributed by atoms with E-state index in [0.717, 1.165) is 11.3 Å². The number of ether oxygens (including phenoxy) is 1. The average molecular weight is 418 g/mol. The number of hydrogen-bond donors (Lipinski definition) is 3. The zero-order chi connectivity index (χ0) is 21.7. The second-order valence-electron chi connectivity index (χ2n) is 6.76. The van der Waals surface area contributed by atoms with Crippen LogP contribution in [0.2, 0.25) is 0 Å². The van der Waals surface area contributed by atoms with E-state index >= 15 is 0 Å². The van der Waals surface area contributed by atoms with E-state index < -0.39 is 6.36 Å². The molecule has 0 amide bonds. The van der Waals surface area contributed by atoms with Crippen LogP contribution in [0.1, 0.15) is 12.5 Å². The summed E-state index contributed by atoms with van der Waals surface area (Å²) in [7, 11) is 0. The molecule has 0 radical (unpaired) electrons. The lowest BCUT2D eigenvalue weighted by atomic mass is 10.1. The van der Waals surface area contributed by atoms with Gasteiger partial charge in [-0.2, -0.15) is 4.98 Å². The van der Waals surface area contributed by atoms with Crippen molar-refractivity contribution in [3.05, 3.63) is 60.2 Å². The first-order valence-corrected chi connectivity index (χ1v) is 9.18. The fourth-order valence-electron chi connectivity index (χ4n) is 2.63. The number of rotatable bonds is 7. The van der Waals surface area contributed by atoms with Crippen LogP contribution in [0.25, 0.3) is 11.3 Å². The van der Waals surface area contributed by atoms with Crippen molar-refractivity contribution in [3.63, 3.8) is 0 Å². The van der Waals surface area contributed by atoms with E-state index in [9.17, 15) is 18.3 Å². The minimum atomic E-state index is -4.79. The van der Waals surface area contributed by atoms with Gasteiger partial charge in [0.15, 0.2) is 0 Å². The highest BCUT2D eigenvalue weighted by molar-refractivity contribution is 5.68. The van der Waals surface area contributed by atoms with Crippen LogP contribution in [-0.2, 0) is 0 Å². The van der Waals surface area contributed by atoms with Crippen LogP contribution in [0.3, 0.4) is 0 Å². The molecule has 158 valence electrons. The molecule has 1 atom stereocenters. The lowest BCUT2D eigenvalue weighted by Crippen LogP contribution is -2.21. The van der Waals surface area contributed by atoms with E-state index in [2.05, 4.69) is 25.3 Å². The van der Waals surface area contributed by atoms with Crippen molar-refractivity contribution in [1.29, 1.82) is 0 Å². The van der Waals surface area contributed by atoms with Gasteiger partial charge < -0.3 is 20.5 Å². The molecule has 0 fully saturated rings. The number of aryl methyl sites for hydroxylation is 1. The molecule has 0 bridgehead atoms. The Hall–Kier alpha value is -3.33. The minimum Gasteiger partial charge on any atom is -0.406 e. The number of hydrogen-bond acceptors (Lipinski definition) is 6. The van der Waals surface area contributed by atoms with Crippen molar-refractivity contribution in [3.8, 4) is 17.0 Å². The van der Waals surface area contributed by atoms with Crippen LogP contribution in [0.15, 0.2) is 54.6 Å². The number of aromatic nitrogens is 2. The Balaban J connectivity index is 1.97. The summed E-state index contributed by atoms with van der Waals surface area (Å²) in [6.45, 7) is 3.59. The maximum absolute atomic E-state index is 12.6. The Morgan fingerprint density at radius 2 is 1.80 bits per heavy atom. The molecule has 0 spiro atoms. The highest BCUT2D eigenvalue weighted by Crippen LogP contribution is 2.29. The van der Waals surface area contributed by atoms with E-state index in [1.807, 2.05) is 31.2 Å². The number of alkyl halides is 3. The first-order chi connectivity index (χ1) is 14.2. The lowest BCUT2D eigenvalue weighted by Gasteiger charge is -2.15. The summed E-state index contributed by atoms with van der Waals surface area (Å²) in [6.07, 6.45) is -4.79. The molecule has 3 N–H and O–H groups in total. The summed E-state index contributed by atoms with van der Waals surface area (Å²) < 4.78 is 41.7. The van der Waals surface area contributed by atoms with Gasteiger partial charge in [-0.05, 0) is 38.1 Å². The first kappa shape index (κ1) is 21.4. The van der Waals surface area contributed by atoms with E-state index in [0.29, 0.717) is 17.1 Å². The summed E-state index contributed by atoms with van der Waals surface area (Å²) in [6, 6.07) is 14.5. The molecule has 30 heavy (non-hydrogen) atoms. The molecule has 3 rings (SSSR count). The zero-order valence-corrected chi connectivity index (χ0v) is 16.4. The number of nitrogens with zero attached hydrogens (tertiary/aromatic N) is 2. The summed E-state index contributed by atoms with van der Waals surface area (Å²) in [5, 5.41) is 15.4. The highest BCUT2D eigenvalue weighted by atomic mass is 19.4. The van der Waals surface area contributed by atoms with Crippen LogP contribution in [-0.4, -0.2) is 34.1 Å². The topological polar surface area (TPSA) is 79.3 Å². The summed E-state index contributed by atoms with van der Waals surface area (Å²) >= 11 is 0. The SMILES string of the molecule is Cc1ccc(Nc2cc(-c3cccc(OC(F)(F)F)c3)nc(N[C@@H](C)CO)n2)cc1. The van der Waals surface area contributed by atoms with Gasteiger partial charge in [0.2, 0.25) is 5.95 Å². The predicted octanol–water partition coefficient (Wildman–Crippen LogP) is 4.89. The van der Waals surface area contributed by atoms with Gasteiger partial charge in [0.1, 0.15) is 11.6 Å². The van der Waals surface area contributed by atoms with Gasteiger partial charge in [0.25, 0.3) is 0 Å². The molecule has 0 saturated heterocycles. The number of nitrogens with one attached hydrogen (secondary N) is 2. The summed E-state index contributed by atoms with van der Waals surface area (Å²) in [4.78, 5) is 8.77. The van der Waals surface area contributed by atoms with Crippen molar-refractivity contribution in [1.82, 2.24) is 9.97 Å². The predicted molar refractivity (Wildman–Crippen MR) is 109 cm³/mol. The molecular formula is C21H21F3N4O2. The van der Waals surface area contributed by atoms with Crippen molar-refractivity contribution in [2.24, 2.45) is 0 Å². The largest absolute Gasteiger partial charge is 0.573 e. The molecule has 0 aliphatic carbocycles. The Morgan fingerprint density at radius 1 is 1.07 bits per heavy atom. The van der Waals surface area contributed by atoms with Crippen molar-refractivity contribution in [2.75, 3.05) is 17.2 Å². The maximum atomic E-state index is 12.6. The second kappa shape index (κ2) is 9.00. The monoisotopic (exact) mass is 418 g/mol. The molecule has 9 heteroatoms. The third-order valence-corrected chi connectivity index (χ3v) is 4.06. The molecule has 1 aromatic heterocycles. The Bertz CT molecular complexity index is 994. The normalized spacial score (nSPS) is 12.3. The molecule has 0 aliphatic heterocycles. The average Bonchev–Trinajstić information content (AvgIpc) is 2.68. The molecule has 2 aromatic carbocycles. The highest BCUT2D eigenvalue weighted by Gasteiger charge is 2.31. The van der Waals surface area contributed by atoms with Crippen LogP contribution < -0.4 is 15.4 Å². The molecule has 6 nitrogen and oxygen atoms in total. The molecule has 0 unspecified atom stereocenters. The van der Waals surface area contributed by atoms with Crippen molar-refractivity contribution < 1.29 is 23.0 Å². The minimum absolute atomic E-state index is 0.136. The van der Waals surface area contributed by atoms with Gasteiger partial charge in [-0.25, -0.2) is 4.98 Å². The van der Waals surface area contributed by atoms with Gasteiger partial charge >= 0.3 is 6.36 Å². The summed E-state index contributed by atoms with van der Waals surface area (Å²) in [5.41, 5.74) is 2.70. The smallest absolute Gasteiger partial charge is 0.406 e. The van der Waals surface area contributed by atoms with Crippen LogP contribution >= 0.6 is 0 Å². The number of aliphatic hydroxyl groups excluding tert-OH is 1. The van der Waals surface area contributed by atoms with Gasteiger partial charge in [0, 0.05) is 23.4 Å². The standard InChI is InChI=1S/C21H21F3N4O2/c1-13-6-8-16(9-7-13)26-19-11-18(27-20(28-19)25-14(2)12-29)15-4-3-5-17(10-15)30-21(22,23)24/h3-11,14,29H,12H2,1-2H3,(H2,25,26,27,28)/t14-/m0/s1. The maximum Gasteiger partial charge on any atom is 0.573 e. The number of benzene rings is 2. The van der Waals surface area contributed by atoms with Crippen LogP contribution in [0.5, 0.6) is 5.75 Å². The molecule has 0 aliphatic rings. The van der Waals surface area contributed by atoms with E-state index in [-0.39, 0.29) is 24.3 Å². The molecule has 1 heterocycles. The number of anilines is 3. The molecule has 0 saturated carbocycles.